The molecule has 2 nitrogen and oxygen atoms in total. The van der Waals surface area contributed by atoms with E-state index >= 15 is 0 Å². The summed E-state index contributed by atoms with van der Waals surface area (Å²) < 4.78 is 0. The van der Waals surface area contributed by atoms with E-state index in [-0.39, 0.29) is 43.6 Å². The molecule has 0 saturated heterocycles. The second-order valence-electron chi connectivity index (χ2n) is 4.77. The summed E-state index contributed by atoms with van der Waals surface area (Å²) >= 11 is 0. The summed E-state index contributed by atoms with van der Waals surface area (Å²) in [6.07, 6.45) is 7.32. The second kappa shape index (κ2) is 8.00. The summed E-state index contributed by atoms with van der Waals surface area (Å²) in [5.74, 6) is 0.0371. The van der Waals surface area contributed by atoms with Crippen molar-refractivity contribution in [3.8, 4) is 0 Å². The molecule has 0 aliphatic heterocycles. The van der Waals surface area contributed by atoms with Gasteiger partial charge in [-0.15, -0.1) is 0 Å². The van der Waals surface area contributed by atoms with Crippen LogP contribution < -0.4 is 4.98 Å². The molecule has 1 N–H and O–H groups in total. The summed E-state index contributed by atoms with van der Waals surface area (Å²) in [6.45, 7) is 4.35. The van der Waals surface area contributed by atoms with E-state index in [9.17, 15) is 4.79 Å². The Balaban J connectivity index is 0.00000162. The van der Waals surface area contributed by atoms with Crippen molar-refractivity contribution >= 4 is 51.9 Å². The zero-order valence-electron chi connectivity index (χ0n) is 10.2. The van der Waals surface area contributed by atoms with Crippen molar-refractivity contribution in [2.24, 2.45) is 0 Å². The Kier molecular flexibility index (Phi) is 7.82. The molecule has 0 saturated carbocycles. The number of hydrogen-bond donors (Lipinski definition) is 1. The van der Waals surface area contributed by atoms with E-state index in [4.69, 9.17) is 0 Å². The molecule has 2 rings (SSSR count). The Morgan fingerprint density at radius 1 is 1.16 bits per heavy atom. The zero-order chi connectivity index (χ0) is 12.3. The number of rotatable bonds is 3. The maximum absolute atomic E-state index is 12.1. The topological polar surface area (TPSA) is 29.1 Å². The first-order chi connectivity index (χ1) is 8.09. The van der Waals surface area contributed by atoms with Crippen LogP contribution in [0.3, 0.4) is 0 Å². The number of hydrogen-bond acceptors (Lipinski definition) is 1. The van der Waals surface area contributed by atoms with Gasteiger partial charge in [0.2, 0.25) is 5.91 Å². The first-order valence-electron chi connectivity index (χ1n) is 5.83. The monoisotopic (exact) mass is 259 g/mol. The van der Waals surface area contributed by atoms with Crippen molar-refractivity contribution in [1.29, 1.82) is 0 Å². The summed E-state index contributed by atoms with van der Waals surface area (Å²) in [6, 6.07) is 9.39. The van der Waals surface area contributed by atoms with Gasteiger partial charge < -0.3 is 4.98 Å². The van der Waals surface area contributed by atoms with E-state index in [0.717, 1.165) is 12.0 Å². The molecule has 92 valence electrons. The van der Waals surface area contributed by atoms with Gasteiger partial charge in [0.05, 0.1) is 0 Å². The number of benzene rings is 1. The fraction of sp³-hybridized carbons (Fsp3) is 0.214. The molecule has 1 aliphatic carbocycles. The number of allylic oxidation sites excluding steroid dienone is 4. The van der Waals surface area contributed by atoms with Crippen molar-refractivity contribution in [2.75, 3.05) is 0 Å². The molecule has 5 heteroatoms. The average molecular weight is 259 g/mol. The molecule has 1 amide bonds. The number of nitrogens with one attached hydrogen (secondary N) is 1. The molecule has 0 fully saturated rings. The standard InChI is InChI=1S/C14H17NOSi.2Li.2H/c1-17(2,13-10-6-7-11-13)15-14(16)12-8-4-3-5-9-12;;;;/h3-10H,11H2,1-2H3,(H,15,16);;;;. The number of carbonyl (C=O) groups is 1. The first-order valence-corrected chi connectivity index (χ1v) is 8.83. The molecule has 0 spiro atoms. The Morgan fingerprint density at radius 2 is 1.79 bits per heavy atom. The SMILES string of the molecule is C[Si](C)(NC(=O)c1ccccc1)C1=CC=CC1.[LiH].[LiH]. The quantitative estimate of drug-likeness (QED) is 0.823. The van der Waals surface area contributed by atoms with Crippen LogP contribution in [-0.4, -0.2) is 51.9 Å². The second-order valence-corrected chi connectivity index (χ2v) is 8.91. The van der Waals surface area contributed by atoms with Crippen LogP contribution in [0.1, 0.15) is 16.8 Å². The molecule has 0 radical (unpaired) electrons. The van der Waals surface area contributed by atoms with E-state index < -0.39 is 8.24 Å². The third-order valence-corrected chi connectivity index (χ3v) is 5.86. The summed E-state index contributed by atoms with van der Waals surface area (Å²) in [5.41, 5.74) is 0.736. The van der Waals surface area contributed by atoms with Crippen molar-refractivity contribution in [1.82, 2.24) is 4.98 Å². The molecule has 0 aromatic heterocycles. The van der Waals surface area contributed by atoms with E-state index in [1.54, 1.807) is 0 Å². The normalized spacial score (nSPS) is 13.1. The Morgan fingerprint density at radius 3 is 2.32 bits per heavy atom. The van der Waals surface area contributed by atoms with Crippen LogP contribution in [0.15, 0.2) is 53.8 Å². The summed E-state index contributed by atoms with van der Waals surface area (Å²) in [5, 5.41) is 1.38. The van der Waals surface area contributed by atoms with Gasteiger partial charge in [0, 0.05) is 5.56 Å². The van der Waals surface area contributed by atoms with Crippen LogP contribution in [-0.2, 0) is 0 Å². The van der Waals surface area contributed by atoms with Gasteiger partial charge in [0.15, 0.2) is 8.24 Å². The average Bonchev–Trinajstić information content (AvgIpc) is 2.84. The molecule has 1 aromatic carbocycles. The van der Waals surface area contributed by atoms with Crippen LogP contribution in [0.2, 0.25) is 13.1 Å². The predicted molar refractivity (Wildman–Crippen MR) is 87.5 cm³/mol. The Labute approximate surface area is 140 Å². The first kappa shape index (κ1) is 18.6. The van der Waals surface area contributed by atoms with Gasteiger partial charge in [-0.25, -0.2) is 0 Å². The van der Waals surface area contributed by atoms with Gasteiger partial charge in [-0.2, -0.15) is 0 Å². The van der Waals surface area contributed by atoms with Crippen molar-refractivity contribution in [2.45, 2.75) is 19.5 Å². The van der Waals surface area contributed by atoms with Crippen LogP contribution >= 0.6 is 0 Å². The van der Waals surface area contributed by atoms with Crippen LogP contribution in [0, 0.1) is 0 Å². The van der Waals surface area contributed by atoms with Crippen LogP contribution in [0.4, 0.5) is 0 Å². The van der Waals surface area contributed by atoms with Crippen molar-refractivity contribution < 1.29 is 4.79 Å². The Bertz CT molecular complexity index is 483. The number of carbonyl (C=O) groups excluding carboxylic acids is 1. The molecule has 0 bridgehead atoms. The minimum absolute atomic E-state index is 0. The van der Waals surface area contributed by atoms with Crippen LogP contribution in [0.25, 0.3) is 0 Å². The van der Waals surface area contributed by atoms with Gasteiger partial charge in [0.1, 0.15) is 0 Å². The van der Waals surface area contributed by atoms with Crippen LogP contribution in [0.5, 0.6) is 0 Å². The van der Waals surface area contributed by atoms with Gasteiger partial charge in [0.25, 0.3) is 0 Å². The zero-order valence-corrected chi connectivity index (χ0v) is 11.2. The molecular weight excluding hydrogens is 240 g/mol. The van der Waals surface area contributed by atoms with Gasteiger partial charge in [-0.3, -0.25) is 4.79 Å². The third-order valence-electron chi connectivity index (χ3n) is 3.04. The molecule has 0 unspecified atom stereocenters. The van der Waals surface area contributed by atoms with Crippen molar-refractivity contribution in [3.63, 3.8) is 0 Å². The molecular formula is C14H19Li2NOSi. The van der Waals surface area contributed by atoms with E-state index in [1.165, 1.54) is 5.20 Å². The third kappa shape index (κ3) is 4.88. The van der Waals surface area contributed by atoms with Gasteiger partial charge >= 0.3 is 37.7 Å². The number of amides is 1. The molecule has 19 heavy (non-hydrogen) atoms. The molecule has 0 heterocycles. The van der Waals surface area contributed by atoms with Crippen molar-refractivity contribution in [3.05, 3.63) is 59.3 Å². The van der Waals surface area contributed by atoms with E-state index in [2.05, 4.69) is 36.3 Å². The Hall–Kier alpha value is -0.418. The summed E-state index contributed by atoms with van der Waals surface area (Å²) in [4.78, 5) is 15.3. The summed E-state index contributed by atoms with van der Waals surface area (Å²) in [7, 11) is -1.82. The molecule has 0 atom stereocenters. The molecule has 1 aromatic rings. The molecule has 1 aliphatic rings. The fourth-order valence-corrected chi connectivity index (χ4v) is 3.95. The predicted octanol–water partition coefficient (Wildman–Crippen LogP) is 1.75. The van der Waals surface area contributed by atoms with E-state index in [1.807, 2.05) is 30.3 Å². The van der Waals surface area contributed by atoms with E-state index in [0.29, 0.717) is 0 Å². The van der Waals surface area contributed by atoms with Gasteiger partial charge in [-0.1, -0.05) is 41.6 Å². The van der Waals surface area contributed by atoms with Gasteiger partial charge in [-0.05, 0) is 31.6 Å². The fourth-order valence-electron chi connectivity index (χ4n) is 1.94. The maximum atomic E-state index is 12.1. The minimum atomic E-state index is -1.82.